The first kappa shape index (κ1) is 25.7. The largest absolute Gasteiger partial charge is 0.513 e. The van der Waals surface area contributed by atoms with Crippen molar-refractivity contribution < 1.29 is 19.7 Å². The van der Waals surface area contributed by atoms with Crippen LogP contribution in [-0.4, -0.2) is 86.4 Å². The maximum atomic E-state index is 12.7. The summed E-state index contributed by atoms with van der Waals surface area (Å²) in [4.78, 5) is 16.4. The van der Waals surface area contributed by atoms with E-state index in [2.05, 4.69) is 33.1 Å². The van der Waals surface area contributed by atoms with Gasteiger partial charge in [-0.3, -0.25) is 20.7 Å². The summed E-state index contributed by atoms with van der Waals surface area (Å²) in [6.45, 7) is 6.64. The third kappa shape index (κ3) is 7.22. The highest BCUT2D eigenvalue weighted by atomic mass is 32.1. The molecule has 0 bridgehead atoms. The Bertz CT molecular complexity index is 737. The Morgan fingerprint density at radius 2 is 2.16 bits per heavy atom. The second-order valence-electron chi connectivity index (χ2n) is 7.53. The number of hydrogen-bond donors (Lipinski definition) is 7. The number of amides is 1. The molecule has 31 heavy (non-hydrogen) atoms. The Balaban J connectivity index is 2.02. The van der Waals surface area contributed by atoms with Gasteiger partial charge in [-0.15, -0.1) is 11.3 Å². The lowest BCUT2D eigenvalue weighted by Crippen LogP contribution is -2.55. The number of nitrogens with zero attached hydrogens (tertiary/aromatic N) is 1. The number of nitrogens with two attached hydrogens (primary N) is 1. The lowest BCUT2D eigenvalue weighted by molar-refractivity contribution is -0.0186. The van der Waals surface area contributed by atoms with E-state index >= 15 is 0 Å². The van der Waals surface area contributed by atoms with Crippen molar-refractivity contribution in [1.29, 1.82) is 0 Å². The molecule has 4 unspecified atom stereocenters. The molecule has 8 N–H and O–H groups in total. The van der Waals surface area contributed by atoms with Gasteiger partial charge < -0.3 is 30.9 Å². The Morgan fingerprint density at radius 1 is 1.42 bits per heavy atom. The van der Waals surface area contributed by atoms with E-state index in [1.807, 2.05) is 13.1 Å². The van der Waals surface area contributed by atoms with Gasteiger partial charge in [0, 0.05) is 30.6 Å². The molecule has 0 aliphatic carbocycles. The van der Waals surface area contributed by atoms with E-state index in [-0.39, 0.29) is 24.2 Å². The molecule has 11 heteroatoms. The maximum Gasteiger partial charge on any atom is 0.261 e. The Labute approximate surface area is 187 Å². The zero-order valence-electron chi connectivity index (χ0n) is 18.6. The van der Waals surface area contributed by atoms with Crippen LogP contribution in [0.5, 0.6) is 0 Å². The fourth-order valence-corrected chi connectivity index (χ4v) is 4.72. The van der Waals surface area contributed by atoms with Crippen LogP contribution in [0.2, 0.25) is 0 Å². The van der Waals surface area contributed by atoms with E-state index in [0.29, 0.717) is 36.9 Å². The number of carbonyl (C=O) groups excluding carboxylic acids is 1. The van der Waals surface area contributed by atoms with Crippen LogP contribution < -0.4 is 27.0 Å². The summed E-state index contributed by atoms with van der Waals surface area (Å²) < 4.78 is 5.65. The average molecular weight is 457 g/mol. The molecule has 2 heterocycles. The van der Waals surface area contributed by atoms with Gasteiger partial charge in [-0.2, -0.15) is 0 Å². The average Bonchev–Trinajstić information content (AvgIpc) is 3.23. The number of morpholine rings is 1. The molecule has 1 fully saturated rings. The monoisotopic (exact) mass is 456 g/mol. The molecule has 0 radical (unpaired) electrons. The number of rotatable bonds is 11. The summed E-state index contributed by atoms with van der Waals surface area (Å²) >= 11 is 1.33. The quantitative estimate of drug-likeness (QED) is 0.176. The number of carbonyl (C=O) groups is 1. The standard InChI is InChI=1S/C20H36N6O4S/c1-12(15(10-22-3)13(2)27)26-7-8-30-11-14(26)9-24-19(28)17-6-5-16(31-17)18(23-4)25-20(21)29/h5-6,12,14,18,20,22-23,25,27,29H,7-11,21H2,1-4H3,(H,24,28)/b15-13+. The highest BCUT2D eigenvalue weighted by molar-refractivity contribution is 7.14. The molecule has 10 nitrogen and oxygen atoms in total. The van der Waals surface area contributed by atoms with Gasteiger partial charge in [0.15, 0.2) is 6.35 Å². The van der Waals surface area contributed by atoms with Gasteiger partial charge in [0.25, 0.3) is 5.91 Å². The van der Waals surface area contributed by atoms with Crippen molar-refractivity contribution in [1.82, 2.24) is 26.2 Å². The number of aliphatic hydroxyl groups excluding tert-OH is 2. The Kier molecular flexibility index (Phi) is 10.3. The smallest absolute Gasteiger partial charge is 0.261 e. The second kappa shape index (κ2) is 12.5. The first-order valence-electron chi connectivity index (χ1n) is 10.4. The van der Waals surface area contributed by atoms with Gasteiger partial charge in [0.2, 0.25) is 0 Å². The van der Waals surface area contributed by atoms with Crippen molar-refractivity contribution >= 4 is 17.2 Å². The summed E-state index contributed by atoms with van der Waals surface area (Å²) in [6.07, 6.45) is -1.52. The molecule has 1 aliphatic heterocycles. The van der Waals surface area contributed by atoms with Crippen molar-refractivity contribution in [3.63, 3.8) is 0 Å². The lowest BCUT2D eigenvalue weighted by Gasteiger charge is -2.40. The van der Waals surface area contributed by atoms with E-state index in [1.54, 1.807) is 20.0 Å². The predicted octanol–water partition coefficient (Wildman–Crippen LogP) is -0.339. The van der Waals surface area contributed by atoms with Crippen molar-refractivity contribution in [3.05, 3.63) is 33.2 Å². The molecule has 4 atom stereocenters. The van der Waals surface area contributed by atoms with E-state index in [0.717, 1.165) is 17.0 Å². The molecule has 1 aromatic heterocycles. The van der Waals surface area contributed by atoms with Crippen molar-refractivity contribution in [2.75, 3.05) is 46.9 Å². The van der Waals surface area contributed by atoms with Crippen molar-refractivity contribution in [2.45, 2.75) is 38.4 Å². The molecule has 0 aromatic carbocycles. The van der Waals surface area contributed by atoms with Gasteiger partial charge in [0.1, 0.15) is 0 Å². The first-order chi connectivity index (χ1) is 14.8. The highest BCUT2D eigenvalue weighted by Crippen LogP contribution is 2.22. The Morgan fingerprint density at radius 3 is 2.77 bits per heavy atom. The summed E-state index contributed by atoms with van der Waals surface area (Å²) in [5.41, 5.74) is 6.32. The van der Waals surface area contributed by atoms with Gasteiger partial charge in [-0.05, 0) is 45.6 Å². The van der Waals surface area contributed by atoms with Crippen LogP contribution in [-0.2, 0) is 4.74 Å². The zero-order chi connectivity index (χ0) is 23.0. The molecular weight excluding hydrogens is 420 g/mol. The third-order valence-corrected chi connectivity index (χ3v) is 6.52. The molecule has 1 amide bonds. The van der Waals surface area contributed by atoms with Gasteiger partial charge in [0.05, 0.1) is 36.1 Å². The SMILES string of the molecule is CNC/C(=C(/C)O)C(C)N1CCOCC1CNC(=O)c1ccc(C(NC)NC(N)O)s1. The van der Waals surface area contributed by atoms with Crippen LogP contribution in [0.4, 0.5) is 0 Å². The lowest BCUT2D eigenvalue weighted by atomic mass is 10.0. The van der Waals surface area contributed by atoms with E-state index in [9.17, 15) is 15.0 Å². The number of thiophene rings is 1. The van der Waals surface area contributed by atoms with Crippen LogP contribution >= 0.6 is 11.3 Å². The Hall–Kier alpha value is -1.57. The number of hydrogen-bond acceptors (Lipinski definition) is 10. The fraction of sp³-hybridized carbons (Fsp3) is 0.650. The van der Waals surface area contributed by atoms with Crippen molar-refractivity contribution in [2.24, 2.45) is 5.73 Å². The fourth-order valence-electron chi connectivity index (χ4n) is 3.73. The number of ether oxygens (including phenoxy) is 1. The minimum absolute atomic E-state index is 0.00236. The molecule has 0 spiro atoms. The zero-order valence-corrected chi connectivity index (χ0v) is 19.5. The number of aliphatic hydroxyl groups is 2. The minimum Gasteiger partial charge on any atom is -0.513 e. The van der Waals surface area contributed by atoms with E-state index < -0.39 is 6.35 Å². The maximum absolute atomic E-state index is 12.7. The number of nitrogens with one attached hydrogen (secondary N) is 4. The second-order valence-corrected chi connectivity index (χ2v) is 8.64. The van der Waals surface area contributed by atoms with Crippen LogP contribution in [0.3, 0.4) is 0 Å². The van der Waals surface area contributed by atoms with Crippen LogP contribution in [0.1, 0.15) is 34.6 Å². The molecule has 0 saturated carbocycles. The summed E-state index contributed by atoms with van der Waals surface area (Å²) in [6, 6.07) is 3.59. The van der Waals surface area contributed by atoms with E-state index in [4.69, 9.17) is 10.5 Å². The van der Waals surface area contributed by atoms with Crippen LogP contribution in [0, 0.1) is 0 Å². The van der Waals surface area contributed by atoms with E-state index in [1.165, 1.54) is 11.3 Å². The third-order valence-electron chi connectivity index (χ3n) is 5.37. The molecular formula is C20H36N6O4S. The van der Waals surface area contributed by atoms with Gasteiger partial charge >= 0.3 is 0 Å². The van der Waals surface area contributed by atoms with Crippen LogP contribution in [0.15, 0.2) is 23.5 Å². The van der Waals surface area contributed by atoms with Gasteiger partial charge in [-0.1, -0.05) is 0 Å². The normalized spacial score (nSPS) is 21.3. The molecule has 1 saturated heterocycles. The predicted molar refractivity (Wildman–Crippen MR) is 122 cm³/mol. The van der Waals surface area contributed by atoms with Crippen LogP contribution in [0.25, 0.3) is 0 Å². The topological polar surface area (TPSA) is 144 Å². The molecule has 176 valence electrons. The summed E-state index contributed by atoms with van der Waals surface area (Å²) in [7, 11) is 3.59. The number of likely N-dealkylation sites (N-methyl/N-ethyl adjacent to an activating group) is 1. The molecule has 2 rings (SSSR count). The number of allylic oxidation sites excluding steroid dienone is 1. The first-order valence-corrected chi connectivity index (χ1v) is 11.2. The minimum atomic E-state index is -1.17. The summed E-state index contributed by atoms with van der Waals surface area (Å²) in [5, 5.41) is 31.3. The van der Waals surface area contributed by atoms with Gasteiger partial charge in [-0.25, -0.2) is 0 Å². The molecule has 1 aliphatic rings. The van der Waals surface area contributed by atoms with Crippen molar-refractivity contribution in [3.8, 4) is 0 Å². The summed E-state index contributed by atoms with van der Waals surface area (Å²) in [5.74, 6) is 0.152. The highest BCUT2D eigenvalue weighted by Gasteiger charge is 2.30. The molecule has 1 aromatic rings.